The number of urea groups is 1. The van der Waals surface area contributed by atoms with E-state index in [0.717, 1.165) is 5.57 Å². The molecule has 0 fully saturated rings. The summed E-state index contributed by atoms with van der Waals surface area (Å²) in [7, 11) is 0. The predicted octanol–water partition coefficient (Wildman–Crippen LogP) is 1.70. The average molecular weight is 242 g/mol. The largest absolute Gasteiger partial charge is 0.481 e. The molecule has 0 aromatic heterocycles. The van der Waals surface area contributed by atoms with Gasteiger partial charge in [0.15, 0.2) is 0 Å². The SMILES string of the molecule is CCN(CC(C)C(=O)O)C(=O)NCC=C(C)C. The molecule has 0 aliphatic heterocycles. The first-order valence-corrected chi connectivity index (χ1v) is 5.77. The average Bonchev–Trinajstić information content (AvgIpc) is 2.24. The Morgan fingerprint density at radius 2 is 2.00 bits per heavy atom. The number of carbonyl (C=O) groups is 2. The first-order valence-electron chi connectivity index (χ1n) is 5.77. The van der Waals surface area contributed by atoms with Crippen molar-refractivity contribution < 1.29 is 14.7 Å². The molecule has 0 saturated carbocycles. The Labute approximate surface area is 102 Å². The number of carboxylic acid groups (broad SMARTS) is 1. The fraction of sp³-hybridized carbons (Fsp3) is 0.667. The molecule has 0 spiro atoms. The quantitative estimate of drug-likeness (QED) is 0.696. The van der Waals surface area contributed by atoms with Crippen molar-refractivity contribution in [1.29, 1.82) is 0 Å². The van der Waals surface area contributed by atoms with Crippen LogP contribution in [0.2, 0.25) is 0 Å². The maximum absolute atomic E-state index is 11.7. The Morgan fingerprint density at radius 3 is 2.41 bits per heavy atom. The van der Waals surface area contributed by atoms with Gasteiger partial charge in [0.2, 0.25) is 0 Å². The number of carbonyl (C=O) groups excluding carboxylic acids is 1. The number of carboxylic acids is 1. The highest BCUT2D eigenvalue weighted by Gasteiger charge is 2.18. The van der Waals surface area contributed by atoms with Crippen LogP contribution in [-0.4, -0.2) is 41.6 Å². The highest BCUT2D eigenvalue weighted by molar-refractivity contribution is 5.76. The van der Waals surface area contributed by atoms with Crippen molar-refractivity contribution in [1.82, 2.24) is 10.2 Å². The molecule has 17 heavy (non-hydrogen) atoms. The lowest BCUT2D eigenvalue weighted by Gasteiger charge is -2.22. The van der Waals surface area contributed by atoms with Gasteiger partial charge in [0.1, 0.15) is 0 Å². The fourth-order valence-electron chi connectivity index (χ4n) is 1.22. The van der Waals surface area contributed by atoms with E-state index in [-0.39, 0.29) is 12.6 Å². The molecule has 5 nitrogen and oxygen atoms in total. The van der Waals surface area contributed by atoms with E-state index in [0.29, 0.717) is 13.1 Å². The number of aliphatic carboxylic acids is 1. The van der Waals surface area contributed by atoms with Crippen molar-refractivity contribution in [2.45, 2.75) is 27.7 Å². The van der Waals surface area contributed by atoms with E-state index in [2.05, 4.69) is 5.32 Å². The van der Waals surface area contributed by atoms with Crippen LogP contribution in [-0.2, 0) is 4.79 Å². The lowest BCUT2D eigenvalue weighted by atomic mass is 10.2. The summed E-state index contributed by atoms with van der Waals surface area (Å²) in [6.07, 6.45) is 1.91. The highest BCUT2D eigenvalue weighted by atomic mass is 16.4. The van der Waals surface area contributed by atoms with Gasteiger partial charge in [-0.3, -0.25) is 4.79 Å². The van der Waals surface area contributed by atoms with Gasteiger partial charge < -0.3 is 15.3 Å². The zero-order valence-electron chi connectivity index (χ0n) is 11.0. The monoisotopic (exact) mass is 242 g/mol. The molecular formula is C12H22N2O3. The van der Waals surface area contributed by atoms with Crippen LogP contribution in [0.4, 0.5) is 4.79 Å². The van der Waals surface area contributed by atoms with Crippen molar-refractivity contribution in [2.24, 2.45) is 5.92 Å². The maximum Gasteiger partial charge on any atom is 0.317 e. The van der Waals surface area contributed by atoms with Crippen LogP contribution in [0.15, 0.2) is 11.6 Å². The summed E-state index contributed by atoms with van der Waals surface area (Å²) < 4.78 is 0. The van der Waals surface area contributed by atoms with Gasteiger partial charge in [-0.15, -0.1) is 0 Å². The predicted molar refractivity (Wildman–Crippen MR) is 66.9 cm³/mol. The van der Waals surface area contributed by atoms with Gasteiger partial charge in [0, 0.05) is 19.6 Å². The molecule has 1 unspecified atom stereocenters. The molecule has 98 valence electrons. The third kappa shape index (κ3) is 6.60. The van der Waals surface area contributed by atoms with Gasteiger partial charge in [-0.2, -0.15) is 0 Å². The Kier molecular flexibility index (Phi) is 7.02. The summed E-state index contributed by atoms with van der Waals surface area (Å²) in [5.74, 6) is -1.44. The lowest BCUT2D eigenvalue weighted by Crippen LogP contribution is -2.43. The maximum atomic E-state index is 11.7. The van der Waals surface area contributed by atoms with E-state index in [1.54, 1.807) is 6.92 Å². The third-order valence-corrected chi connectivity index (χ3v) is 2.35. The standard InChI is InChI=1S/C12H22N2O3/c1-5-14(8-10(4)11(15)16)12(17)13-7-6-9(2)3/h6,10H,5,7-8H2,1-4H3,(H,13,17)(H,15,16). The molecule has 2 N–H and O–H groups in total. The van der Waals surface area contributed by atoms with Crippen molar-refractivity contribution in [2.75, 3.05) is 19.6 Å². The smallest absolute Gasteiger partial charge is 0.317 e. The second kappa shape index (κ2) is 7.70. The second-order valence-electron chi connectivity index (χ2n) is 4.25. The Balaban J connectivity index is 4.22. The molecule has 5 heteroatoms. The van der Waals surface area contributed by atoms with Crippen LogP contribution in [0.5, 0.6) is 0 Å². The number of amides is 2. The molecule has 1 atom stereocenters. The van der Waals surface area contributed by atoms with Gasteiger partial charge in [0.25, 0.3) is 0 Å². The minimum atomic E-state index is -0.888. The highest BCUT2D eigenvalue weighted by Crippen LogP contribution is 2.00. The molecule has 0 radical (unpaired) electrons. The van der Waals surface area contributed by atoms with E-state index in [4.69, 9.17) is 5.11 Å². The summed E-state index contributed by atoms with van der Waals surface area (Å²) in [5.41, 5.74) is 1.13. The number of allylic oxidation sites excluding steroid dienone is 1. The molecule has 0 rings (SSSR count). The van der Waals surface area contributed by atoms with Gasteiger partial charge in [-0.25, -0.2) is 4.79 Å². The van der Waals surface area contributed by atoms with Crippen LogP contribution in [0, 0.1) is 5.92 Å². The number of hydrogen-bond acceptors (Lipinski definition) is 2. The summed E-state index contributed by atoms with van der Waals surface area (Å²) in [6, 6.07) is -0.224. The van der Waals surface area contributed by atoms with Gasteiger partial charge in [-0.05, 0) is 20.8 Å². The molecule has 0 bridgehead atoms. The summed E-state index contributed by atoms with van der Waals surface area (Å²) >= 11 is 0. The van der Waals surface area contributed by atoms with E-state index in [9.17, 15) is 9.59 Å². The van der Waals surface area contributed by atoms with E-state index >= 15 is 0 Å². The summed E-state index contributed by atoms with van der Waals surface area (Å²) in [4.78, 5) is 23.9. The van der Waals surface area contributed by atoms with Crippen LogP contribution >= 0.6 is 0 Å². The van der Waals surface area contributed by atoms with Gasteiger partial charge in [-0.1, -0.05) is 18.6 Å². The first-order chi connectivity index (χ1) is 7.88. The van der Waals surface area contributed by atoms with E-state index < -0.39 is 11.9 Å². The van der Waals surface area contributed by atoms with E-state index in [1.165, 1.54) is 4.90 Å². The second-order valence-corrected chi connectivity index (χ2v) is 4.25. The van der Waals surface area contributed by atoms with Crippen molar-refractivity contribution >= 4 is 12.0 Å². The number of nitrogens with one attached hydrogen (secondary N) is 1. The molecule has 0 aromatic rings. The Morgan fingerprint density at radius 1 is 1.41 bits per heavy atom. The van der Waals surface area contributed by atoms with Crippen LogP contribution in [0.25, 0.3) is 0 Å². The zero-order chi connectivity index (χ0) is 13.4. The van der Waals surface area contributed by atoms with Crippen LogP contribution < -0.4 is 5.32 Å². The molecule has 0 aliphatic rings. The van der Waals surface area contributed by atoms with Crippen molar-refractivity contribution in [3.8, 4) is 0 Å². The third-order valence-electron chi connectivity index (χ3n) is 2.35. The molecular weight excluding hydrogens is 220 g/mol. The Bertz CT molecular complexity index is 296. The van der Waals surface area contributed by atoms with Crippen LogP contribution in [0.1, 0.15) is 27.7 Å². The molecule has 0 aromatic carbocycles. The molecule has 0 aliphatic carbocycles. The first kappa shape index (κ1) is 15.5. The van der Waals surface area contributed by atoms with Crippen molar-refractivity contribution in [3.63, 3.8) is 0 Å². The number of nitrogens with zero attached hydrogens (tertiary/aromatic N) is 1. The number of hydrogen-bond donors (Lipinski definition) is 2. The lowest BCUT2D eigenvalue weighted by molar-refractivity contribution is -0.141. The van der Waals surface area contributed by atoms with Crippen molar-refractivity contribution in [3.05, 3.63) is 11.6 Å². The summed E-state index contributed by atoms with van der Waals surface area (Å²) in [5, 5.41) is 11.5. The molecule has 0 heterocycles. The topological polar surface area (TPSA) is 69.6 Å². The van der Waals surface area contributed by atoms with Gasteiger partial charge >= 0.3 is 12.0 Å². The Hall–Kier alpha value is -1.52. The normalized spacial score (nSPS) is 11.5. The van der Waals surface area contributed by atoms with E-state index in [1.807, 2.05) is 26.8 Å². The van der Waals surface area contributed by atoms with Gasteiger partial charge in [0.05, 0.1) is 5.92 Å². The molecule has 0 saturated heterocycles. The minimum absolute atomic E-state index is 0.224. The zero-order valence-corrected chi connectivity index (χ0v) is 11.0. The fourth-order valence-corrected chi connectivity index (χ4v) is 1.22. The van der Waals surface area contributed by atoms with Crippen LogP contribution in [0.3, 0.4) is 0 Å². The minimum Gasteiger partial charge on any atom is -0.481 e. The number of rotatable bonds is 6. The summed E-state index contributed by atoms with van der Waals surface area (Å²) in [6.45, 7) is 8.53. The molecule has 2 amide bonds.